The highest BCUT2D eigenvalue weighted by Crippen LogP contribution is 2.23. The number of nitriles is 1. The Morgan fingerprint density at radius 1 is 1.33 bits per heavy atom. The van der Waals surface area contributed by atoms with Gasteiger partial charge in [-0.2, -0.15) is 5.26 Å². The van der Waals surface area contributed by atoms with Gasteiger partial charge in [0.1, 0.15) is 11.8 Å². The molecule has 0 saturated heterocycles. The minimum atomic E-state index is -0.435. The summed E-state index contributed by atoms with van der Waals surface area (Å²) in [6.07, 6.45) is 0. The van der Waals surface area contributed by atoms with E-state index in [0.29, 0.717) is 23.5 Å². The average molecular weight is 283 g/mol. The SMILES string of the molecule is COc1ccc(C#N)c(NCc2cccc([N+](=O)[O-])c2)c1. The van der Waals surface area contributed by atoms with Gasteiger partial charge in [0.05, 0.1) is 23.3 Å². The van der Waals surface area contributed by atoms with Crippen LogP contribution in [0, 0.1) is 21.4 Å². The molecule has 0 aromatic heterocycles. The zero-order valence-electron chi connectivity index (χ0n) is 11.4. The summed E-state index contributed by atoms with van der Waals surface area (Å²) in [7, 11) is 1.55. The Kier molecular flexibility index (Phi) is 4.36. The summed E-state index contributed by atoms with van der Waals surface area (Å²) >= 11 is 0. The van der Waals surface area contributed by atoms with Crippen LogP contribution < -0.4 is 10.1 Å². The van der Waals surface area contributed by atoms with Crippen LogP contribution >= 0.6 is 0 Å². The van der Waals surface area contributed by atoms with Crippen molar-refractivity contribution in [3.8, 4) is 11.8 Å². The molecule has 2 aromatic rings. The van der Waals surface area contributed by atoms with Gasteiger partial charge in [-0.05, 0) is 17.7 Å². The molecule has 21 heavy (non-hydrogen) atoms. The highest BCUT2D eigenvalue weighted by Gasteiger charge is 2.07. The molecule has 0 amide bonds. The molecule has 0 fully saturated rings. The Balaban J connectivity index is 2.18. The highest BCUT2D eigenvalue weighted by molar-refractivity contribution is 5.60. The third kappa shape index (κ3) is 3.48. The number of hydrogen-bond donors (Lipinski definition) is 1. The summed E-state index contributed by atoms with van der Waals surface area (Å²) in [6.45, 7) is 0.378. The van der Waals surface area contributed by atoms with Gasteiger partial charge in [0.25, 0.3) is 5.69 Å². The van der Waals surface area contributed by atoms with Gasteiger partial charge in [-0.3, -0.25) is 10.1 Å². The first-order valence-electron chi connectivity index (χ1n) is 6.19. The fraction of sp³-hybridized carbons (Fsp3) is 0.133. The smallest absolute Gasteiger partial charge is 0.269 e. The Labute approximate surface area is 121 Å². The second-order valence-corrected chi connectivity index (χ2v) is 4.30. The third-order valence-corrected chi connectivity index (χ3v) is 2.95. The zero-order valence-corrected chi connectivity index (χ0v) is 11.4. The predicted octanol–water partition coefficient (Wildman–Crippen LogP) is 3.09. The first-order chi connectivity index (χ1) is 10.1. The maximum Gasteiger partial charge on any atom is 0.269 e. The summed E-state index contributed by atoms with van der Waals surface area (Å²) in [6, 6.07) is 13.5. The maximum absolute atomic E-state index is 10.7. The molecule has 0 bridgehead atoms. The lowest BCUT2D eigenvalue weighted by Gasteiger charge is -2.10. The van der Waals surface area contributed by atoms with Gasteiger partial charge in [0.15, 0.2) is 0 Å². The molecule has 0 radical (unpaired) electrons. The van der Waals surface area contributed by atoms with Crippen molar-refractivity contribution in [1.29, 1.82) is 5.26 Å². The lowest BCUT2D eigenvalue weighted by Crippen LogP contribution is -2.02. The van der Waals surface area contributed by atoms with Crippen LogP contribution in [0.15, 0.2) is 42.5 Å². The number of methoxy groups -OCH3 is 1. The van der Waals surface area contributed by atoms with E-state index in [2.05, 4.69) is 11.4 Å². The number of nitro benzene ring substituents is 1. The number of ether oxygens (including phenoxy) is 1. The molecule has 2 aromatic carbocycles. The minimum absolute atomic E-state index is 0.0421. The molecule has 0 saturated carbocycles. The van der Waals surface area contributed by atoms with Crippen LogP contribution in [0.1, 0.15) is 11.1 Å². The number of non-ortho nitro benzene ring substituents is 1. The predicted molar refractivity (Wildman–Crippen MR) is 78.1 cm³/mol. The molecule has 0 unspecified atom stereocenters. The monoisotopic (exact) mass is 283 g/mol. The van der Waals surface area contributed by atoms with Crippen LogP contribution in [-0.4, -0.2) is 12.0 Å². The quantitative estimate of drug-likeness (QED) is 0.673. The molecule has 6 nitrogen and oxygen atoms in total. The van der Waals surface area contributed by atoms with Crippen molar-refractivity contribution in [2.45, 2.75) is 6.54 Å². The van der Waals surface area contributed by atoms with E-state index in [4.69, 9.17) is 10.00 Å². The van der Waals surface area contributed by atoms with Crippen LogP contribution in [0.2, 0.25) is 0 Å². The lowest BCUT2D eigenvalue weighted by molar-refractivity contribution is -0.384. The summed E-state index contributed by atoms with van der Waals surface area (Å²) in [4.78, 5) is 10.3. The molecular weight excluding hydrogens is 270 g/mol. The Bertz CT molecular complexity index is 708. The first kappa shape index (κ1) is 14.3. The number of hydrogen-bond acceptors (Lipinski definition) is 5. The van der Waals surface area contributed by atoms with Crippen molar-refractivity contribution < 1.29 is 9.66 Å². The van der Waals surface area contributed by atoms with Crippen molar-refractivity contribution in [2.75, 3.05) is 12.4 Å². The number of nitrogens with one attached hydrogen (secondary N) is 1. The molecule has 0 heterocycles. The van der Waals surface area contributed by atoms with Crippen molar-refractivity contribution in [2.24, 2.45) is 0 Å². The Hall–Kier alpha value is -3.07. The maximum atomic E-state index is 10.7. The Morgan fingerprint density at radius 2 is 2.14 bits per heavy atom. The molecule has 1 N–H and O–H groups in total. The van der Waals surface area contributed by atoms with Crippen LogP contribution in [0.5, 0.6) is 5.75 Å². The summed E-state index contributed by atoms with van der Waals surface area (Å²) in [5, 5.41) is 22.9. The molecule has 0 atom stereocenters. The Morgan fingerprint density at radius 3 is 2.81 bits per heavy atom. The van der Waals surface area contributed by atoms with E-state index in [9.17, 15) is 10.1 Å². The van der Waals surface area contributed by atoms with Crippen LogP contribution in [0.4, 0.5) is 11.4 Å². The molecule has 2 rings (SSSR count). The fourth-order valence-electron chi connectivity index (χ4n) is 1.87. The fourth-order valence-corrected chi connectivity index (χ4v) is 1.87. The molecule has 0 aliphatic carbocycles. The van der Waals surface area contributed by atoms with Crippen LogP contribution in [0.25, 0.3) is 0 Å². The number of rotatable bonds is 5. The van der Waals surface area contributed by atoms with E-state index in [1.54, 1.807) is 37.4 Å². The first-order valence-corrected chi connectivity index (χ1v) is 6.19. The second kappa shape index (κ2) is 6.39. The minimum Gasteiger partial charge on any atom is -0.497 e. The van der Waals surface area contributed by atoms with E-state index in [0.717, 1.165) is 5.56 Å². The van der Waals surface area contributed by atoms with Gasteiger partial charge in [-0.1, -0.05) is 12.1 Å². The lowest BCUT2D eigenvalue weighted by atomic mass is 10.1. The molecule has 6 heteroatoms. The van der Waals surface area contributed by atoms with Gasteiger partial charge < -0.3 is 10.1 Å². The van der Waals surface area contributed by atoms with E-state index >= 15 is 0 Å². The summed E-state index contributed by atoms with van der Waals surface area (Å²) < 4.78 is 5.12. The van der Waals surface area contributed by atoms with Crippen molar-refractivity contribution in [3.05, 3.63) is 63.7 Å². The highest BCUT2D eigenvalue weighted by atomic mass is 16.6. The number of anilines is 1. The van der Waals surface area contributed by atoms with Crippen LogP contribution in [-0.2, 0) is 6.54 Å². The average Bonchev–Trinajstić information content (AvgIpc) is 2.52. The van der Waals surface area contributed by atoms with Gasteiger partial charge in [-0.15, -0.1) is 0 Å². The van der Waals surface area contributed by atoms with E-state index in [1.807, 2.05) is 0 Å². The van der Waals surface area contributed by atoms with Gasteiger partial charge in [0.2, 0.25) is 0 Å². The van der Waals surface area contributed by atoms with E-state index in [-0.39, 0.29) is 5.69 Å². The summed E-state index contributed by atoms with van der Waals surface area (Å²) in [5.74, 6) is 0.635. The zero-order chi connectivity index (χ0) is 15.2. The van der Waals surface area contributed by atoms with Gasteiger partial charge in [-0.25, -0.2) is 0 Å². The molecular formula is C15H13N3O3. The number of nitro groups is 1. The van der Waals surface area contributed by atoms with Crippen molar-refractivity contribution in [1.82, 2.24) is 0 Å². The third-order valence-electron chi connectivity index (χ3n) is 2.95. The van der Waals surface area contributed by atoms with Crippen molar-refractivity contribution in [3.63, 3.8) is 0 Å². The number of nitrogens with zero attached hydrogens (tertiary/aromatic N) is 2. The van der Waals surface area contributed by atoms with Gasteiger partial charge >= 0.3 is 0 Å². The molecule has 0 aliphatic rings. The number of benzene rings is 2. The van der Waals surface area contributed by atoms with Crippen molar-refractivity contribution >= 4 is 11.4 Å². The van der Waals surface area contributed by atoms with Crippen LogP contribution in [0.3, 0.4) is 0 Å². The molecule has 106 valence electrons. The van der Waals surface area contributed by atoms with E-state index < -0.39 is 4.92 Å². The largest absolute Gasteiger partial charge is 0.497 e. The molecule has 0 aliphatic heterocycles. The summed E-state index contributed by atoms with van der Waals surface area (Å²) in [5.41, 5.74) is 1.92. The standard InChI is InChI=1S/C15H13N3O3/c1-21-14-6-5-12(9-16)15(8-14)17-10-11-3-2-4-13(7-11)18(19)20/h2-8,17H,10H2,1H3. The normalized spacial score (nSPS) is 9.71. The van der Waals surface area contributed by atoms with E-state index in [1.165, 1.54) is 12.1 Å². The molecule has 0 spiro atoms. The topological polar surface area (TPSA) is 88.2 Å². The second-order valence-electron chi connectivity index (χ2n) is 4.30. The van der Waals surface area contributed by atoms with Gasteiger partial charge in [0, 0.05) is 24.7 Å².